The molecule has 0 fully saturated rings. The molecule has 0 spiro atoms. The molecule has 0 saturated carbocycles. The third-order valence-corrected chi connectivity index (χ3v) is 3.02. The summed E-state index contributed by atoms with van der Waals surface area (Å²) in [7, 11) is 3.95. The third-order valence-electron chi connectivity index (χ3n) is 3.02. The van der Waals surface area contributed by atoms with Crippen LogP contribution in [0.5, 0.6) is 0 Å². The number of aromatic nitrogens is 1. The normalized spacial score (nSPS) is 10.0. The second-order valence-corrected chi connectivity index (χ2v) is 4.86. The highest BCUT2D eigenvalue weighted by Crippen LogP contribution is 2.16. The maximum Gasteiger partial charge on any atom is 0.274 e. The van der Waals surface area contributed by atoms with Crippen LogP contribution in [0, 0.1) is 0 Å². The summed E-state index contributed by atoms with van der Waals surface area (Å²) >= 11 is 0. The quantitative estimate of drug-likeness (QED) is 0.886. The van der Waals surface area contributed by atoms with Crippen LogP contribution in [0.4, 0.5) is 17.1 Å². The van der Waals surface area contributed by atoms with Crippen LogP contribution < -0.4 is 15.5 Å². The van der Waals surface area contributed by atoms with Gasteiger partial charge in [0, 0.05) is 43.9 Å². The van der Waals surface area contributed by atoms with Crippen LogP contribution in [0.2, 0.25) is 0 Å². The predicted octanol–water partition coefficient (Wildman–Crippen LogP) is 2.83. The van der Waals surface area contributed by atoms with Crippen LogP contribution in [-0.4, -0.2) is 31.5 Å². The molecule has 1 heterocycles. The van der Waals surface area contributed by atoms with Crippen molar-refractivity contribution in [2.45, 2.75) is 6.92 Å². The third kappa shape index (κ3) is 3.95. The number of amides is 1. The molecule has 0 unspecified atom stereocenters. The fourth-order valence-corrected chi connectivity index (χ4v) is 1.91. The zero-order chi connectivity index (χ0) is 15.2. The second kappa shape index (κ2) is 6.74. The Kier molecular flexibility index (Phi) is 4.77. The number of benzene rings is 1. The Morgan fingerprint density at radius 1 is 1.14 bits per heavy atom. The molecule has 110 valence electrons. The van der Waals surface area contributed by atoms with E-state index in [0.29, 0.717) is 5.69 Å². The van der Waals surface area contributed by atoms with E-state index < -0.39 is 0 Å². The standard InChI is InChI=1S/C16H20N4O/c1-4-17-13-9-10-18-15(11-13)16(21)19-12-5-7-14(8-6-12)20(2)3/h5-11H,4H2,1-3H3,(H,17,18)(H,19,21). The van der Waals surface area contributed by atoms with Gasteiger partial charge in [-0.25, -0.2) is 0 Å². The number of nitrogens with zero attached hydrogens (tertiary/aromatic N) is 2. The number of anilines is 3. The summed E-state index contributed by atoms with van der Waals surface area (Å²) in [6.45, 7) is 2.81. The molecule has 2 N–H and O–H groups in total. The Morgan fingerprint density at radius 3 is 2.48 bits per heavy atom. The first kappa shape index (κ1) is 14.8. The highest BCUT2D eigenvalue weighted by molar-refractivity contribution is 6.03. The number of hydrogen-bond acceptors (Lipinski definition) is 4. The van der Waals surface area contributed by atoms with Gasteiger partial charge in [0.05, 0.1) is 0 Å². The maximum absolute atomic E-state index is 12.2. The summed E-state index contributed by atoms with van der Waals surface area (Å²) in [5, 5.41) is 6.01. The molecule has 2 rings (SSSR count). The lowest BCUT2D eigenvalue weighted by atomic mass is 10.2. The molecule has 0 bridgehead atoms. The largest absolute Gasteiger partial charge is 0.385 e. The van der Waals surface area contributed by atoms with Gasteiger partial charge in [-0.2, -0.15) is 0 Å². The molecule has 0 radical (unpaired) electrons. The Balaban J connectivity index is 2.08. The second-order valence-electron chi connectivity index (χ2n) is 4.86. The van der Waals surface area contributed by atoms with Crippen molar-refractivity contribution in [1.29, 1.82) is 0 Å². The van der Waals surface area contributed by atoms with Crippen molar-refractivity contribution in [3.8, 4) is 0 Å². The van der Waals surface area contributed by atoms with E-state index in [-0.39, 0.29) is 5.91 Å². The van der Waals surface area contributed by atoms with E-state index in [1.165, 1.54) is 0 Å². The fourth-order valence-electron chi connectivity index (χ4n) is 1.91. The van der Waals surface area contributed by atoms with E-state index in [1.54, 1.807) is 12.3 Å². The SMILES string of the molecule is CCNc1ccnc(C(=O)Nc2ccc(N(C)C)cc2)c1. The summed E-state index contributed by atoms with van der Waals surface area (Å²) in [5.41, 5.74) is 3.12. The van der Waals surface area contributed by atoms with E-state index in [9.17, 15) is 4.79 Å². The molecule has 0 aliphatic carbocycles. The molecule has 2 aromatic rings. The minimum atomic E-state index is -0.215. The molecule has 0 aliphatic rings. The van der Waals surface area contributed by atoms with Crippen molar-refractivity contribution < 1.29 is 4.79 Å². The van der Waals surface area contributed by atoms with Gasteiger partial charge in [-0.3, -0.25) is 9.78 Å². The van der Waals surface area contributed by atoms with Crippen molar-refractivity contribution in [1.82, 2.24) is 4.98 Å². The van der Waals surface area contributed by atoms with Crippen LogP contribution >= 0.6 is 0 Å². The number of carbonyl (C=O) groups excluding carboxylic acids is 1. The number of nitrogens with one attached hydrogen (secondary N) is 2. The average molecular weight is 284 g/mol. The van der Waals surface area contributed by atoms with Crippen LogP contribution in [0.3, 0.4) is 0 Å². The van der Waals surface area contributed by atoms with E-state index in [2.05, 4.69) is 15.6 Å². The maximum atomic E-state index is 12.2. The van der Waals surface area contributed by atoms with Crippen molar-refractivity contribution in [3.63, 3.8) is 0 Å². The lowest BCUT2D eigenvalue weighted by Crippen LogP contribution is -2.14. The van der Waals surface area contributed by atoms with Gasteiger partial charge in [-0.15, -0.1) is 0 Å². The van der Waals surface area contributed by atoms with Gasteiger partial charge in [-0.1, -0.05) is 0 Å². The summed E-state index contributed by atoms with van der Waals surface area (Å²) in [6, 6.07) is 11.2. The van der Waals surface area contributed by atoms with Gasteiger partial charge in [-0.05, 0) is 43.3 Å². The molecule has 0 atom stereocenters. The molecule has 5 heteroatoms. The molecular formula is C16H20N4O. The molecule has 0 aliphatic heterocycles. The summed E-state index contributed by atoms with van der Waals surface area (Å²) < 4.78 is 0. The van der Waals surface area contributed by atoms with Gasteiger partial charge < -0.3 is 15.5 Å². The average Bonchev–Trinajstić information content (AvgIpc) is 2.48. The number of rotatable bonds is 5. The lowest BCUT2D eigenvalue weighted by molar-refractivity contribution is 0.102. The van der Waals surface area contributed by atoms with Crippen LogP contribution in [0.15, 0.2) is 42.6 Å². The molecular weight excluding hydrogens is 264 g/mol. The Bertz CT molecular complexity index is 608. The molecule has 1 amide bonds. The predicted molar refractivity (Wildman–Crippen MR) is 87.1 cm³/mol. The van der Waals surface area contributed by atoms with Gasteiger partial charge >= 0.3 is 0 Å². The highest BCUT2D eigenvalue weighted by Gasteiger charge is 2.08. The Morgan fingerprint density at radius 2 is 1.86 bits per heavy atom. The first-order valence-electron chi connectivity index (χ1n) is 6.89. The fraction of sp³-hybridized carbons (Fsp3) is 0.250. The van der Waals surface area contributed by atoms with Gasteiger partial charge in [0.1, 0.15) is 5.69 Å². The summed E-state index contributed by atoms with van der Waals surface area (Å²) in [4.78, 5) is 18.3. The van der Waals surface area contributed by atoms with Crippen molar-refractivity contribution in [2.75, 3.05) is 36.2 Å². The smallest absolute Gasteiger partial charge is 0.274 e. The monoisotopic (exact) mass is 284 g/mol. The first-order chi connectivity index (χ1) is 10.1. The molecule has 21 heavy (non-hydrogen) atoms. The highest BCUT2D eigenvalue weighted by atomic mass is 16.1. The van der Waals surface area contributed by atoms with E-state index in [1.807, 2.05) is 56.3 Å². The van der Waals surface area contributed by atoms with Crippen LogP contribution in [-0.2, 0) is 0 Å². The van der Waals surface area contributed by atoms with Crippen LogP contribution in [0.1, 0.15) is 17.4 Å². The zero-order valence-electron chi connectivity index (χ0n) is 12.6. The molecule has 0 saturated heterocycles. The van der Waals surface area contributed by atoms with E-state index in [4.69, 9.17) is 0 Å². The summed E-state index contributed by atoms with van der Waals surface area (Å²) in [5.74, 6) is -0.215. The van der Waals surface area contributed by atoms with Gasteiger partial charge in [0.15, 0.2) is 0 Å². The van der Waals surface area contributed by atoms with Gasteiger partial charge in [0.2, 0.25) is 0 Å². The van der Waals surface area contributed by atoms with Crippen molar-refractivity contribution in [2.24, 2.45) is 0 Å². The Hall–Kier alpha value is -2.56. The number of hydrogen-bond donors (Lipinski definition) is 2. The van der Waals surface area contributed by atoms with E-state index in [0.717, 1.165) is 23.6 Å². The topological polar surface area (TPSA) is 57.3 Å². The molecule has 1 aromatic carbocycles. The first-order valence-corrected chi connectivity index (χ1v) is 6.89. The zero-order valence-corrected chi connectivity index (χ0v) is 12.6. The Labute approximate surface area is 125 Å². The van der Waals surface area contributed by atoms with E-state index >= 15 is 0 Å². The van der Waals surface area contributed by atoms with Crippen LogP contribution in [0.25, 0.3) is 0 Å². The minimum absolute atomic E-state index is 0.215. The van der Waals surface area contributed by atoms with Crippen molar-refractivity contribution in [3.05, 3.63) is 48.3 Å². The molecule has 1 aromatic heterocycles. The number of carbonyl (C=O) groups is 1. The minimum Gasteiger partial charge on any atom is -0.385 e. The molecule has 5 nitrogen and oxygen atoms in total. The van der Waals surface area contributed by atoms with Gasteiger partial charge in [0.25, 0.3) is 5.91 Å². The van der Waals surface area contributed by atoms with Crippen molar-refractivity contribution >= 4 is 23.0 Å². The summed E-state index contributed by atoms with van der Waals surface area (Å²) in [6.07, 6.45) is 1.63. The lowest BCUT2D eigenvalue weighted by Gasteiger charge is -2.13. The number of pyridine rings is 1.